The molecule has 4 amide bonds. The fourth-order valence-electron chi connectivity index (χ4n) is 11.8. The number of nitrogen functional groups attached to an aromatic ring is 1. The molecule has 8 heterocycles. The Morgan fingerprint density at radius 3 is 2.35 bits per heavy atom. The van der Waals surface area contributed by atoms with Gasteiger partial charge in [-0.3, -0.25) is 28.3 Å². The van der Waals surface area contributed by atoms with E-state index in [0.717, 1.165) is 40.1 Å². The number of hydrogen-bond acceptors (Lipinski definition) is 21. The number of imidazole rings is 2. The second-order valence-electron chi connectivity index (χ2n) is 23.2. The van der Waals surface area contributed by atoms with Crippen molar-refractivity contribution in [2.45, 2.75) is 146 Å². The molecule has 5 aromatic heterocycles. The second kappa shape index (κ2) is 30.2. The molecular weight excluding hydrogens is 1250 g/mol. The highest BCUT2D eigenvalue weighted by Gasteiger charge is 2.61. The molecule has 3 unspecified atom stereocenters. The minimum absolute atomic E-state index is 0.0385. The molecule has 2 saturated heterocycles. The number of unbranched alkanes of at least 4 members (excludes halogenated alkanes) is 4. The summed E-state index contributed by atoms with van der Waals surface area (Å²) < 4.78 is 57.9. The van der Waals surface area contributed by atoms with Crippen LogP contribution in [0.5, 0.6) is 0 Å². The number of aromatic nitrogens is 11. The molecule has 3 aromatic carbocycles. The van der Waals surface area contributed by atoms with E-state index in [0.29, 0.717) is 122 Å². The monoisotopic (exact) mass is 1330 g/mol. The summed E-state index contributed by atoms with van der Waals surface area (Å²) in [5.74, 6) is -0.629. The number of ether oxygens (including phenoxy) is 2. The Balaban J connectivity index is 0.610. The van der Waals surface area contributed by atoms with Crippen molar-refractivity contribution in [3.05, 3.63) is 115 Å². The van der Waals surface area contributed by atoms with Crippen molar-refractivity contribution >= 4 is 95.6 Å². The predicted octanol–water partition coefficient (Wildman–Crippen LogP) is 8.83. The molecule has 0 aliphatic carbocycles. The zero-order valence-corrected chi connectivity index (χ0v) is 54.1. The lowest BCUT2D eigenvalue weighted by Gasteiger charge is -2.28. The zero-order valence-electron chi connectivity index (χ0n) is 51.5. The van der Waals surface area contributed by atoms with Crippen LogP contribution in [0, 0.1) is 6.92 Å². The maximum atomic E-state index is 14.4. The molecule has 2 fully saturated rings. The normalized spacial score (nSPS) is 19.3. The van der Waals surface area contributed by atoms with Gasteiger partial charge in [0.15, 0.2) is 17.1 Å². The van der Waals surface area contributed by atoms with Gasteiger partial charge in [0.1, 0.15) is 60.8 Å². The number of carbonyl (C=O) groups is 5. The average Bonchev–Trinajstić information content (AvgIpc) is 1.07. The fraction of sp³-hybridized carbons (Fsp3) is 0.435. The molecule has 31 heteroatoms. The van der Waals surface area contributed by atoms with Gasteiger partial charge in [0.25, 0.3) is 0 Å². The number of nitrogens with zero attached hydrogens (tertiary/aromatic N) is 12. The van der Waals surface area contributed by atoms with Crippen LogP contribution in [0.3, 0.4) is 0 Å². The number of nitrogens with two attached hydrogens (primary N) is 1. The van der Waals surface area contributed by atoms with Crippen molar-refractivity contribution in [2.24, 2.45) is 0 Å². The molecule has 3 aliphatic rings. The van der Waals surface area contributed by atoms with E-state index in [1.165, 1.54) is 12.7 Å². The van der Waals surface area contributed by atoms with Crippen molar-refractivity contribution in [3.63, 3.8) is 0 Å². The molecule has 3 aliphatic heterocycles. The lowest BCUT2D eigenvalue weighted by Crippen LogP contribution is -2.35. The molecule has 488 valence electrons. The first-order chi connectivity index (χ1) is 45.0. The van der Waals surface area contributed by atoms with E-state index < -0.39 is 38.2 Å². The van der Waals surface area contributed by atoms with Crippen LogP contribution < -0.4 is 26.6 Å². The van der Waals surface area contributed by atoms with Crippen molar-refractivity contribution in [1.82, 2.24) is 64.7 Å². The van der Waals surface area contributed by atoms with Gasteiger partial charge in [-0.05, 0) is 97.6 Å². The number of fused-ring (bicyclic) bond motifs is 7. The van der Waals surface area contributed by atoms with E-state index in [-0.39, 0.29) is 93.6 Å². The minimum Gasteiger partial charge on any atom is -0.382 e. The summed E-state index contributed by atoms with van der Waals surface area (Å²) in [5, 5.41) is 16.5. The summed E-state index contributed by atoms with van der Waals surface area (Å²) in [7, 11) is -2.42. The van der Waals surface area contributed by atoms with Gasteiger partial charge in [0.2, 0.25) is 28.8 Å². The average molecular weight is 1330 g/mol. The Hall–Kier alpha value is -8.27. The van der Waals surface area contributed by atoms with Crippen LogP contribution >= 0.6 is 26.2 Å². The fourth-order valence-corrected chi connectivity index (χ4v) is 15.4. The first kappa shape index (κ1) is 66.2. The smallest absolute Gasteiger partial charge is 0.382 e. The van der Waals surface area contributed by atoms with Crippen LogP contribution in [0.4, 0.5) is 17.2 Å². The van der Waals surface area contributed by atoms with Gasteiger partial charge in [-0.25, -0.2) is 39.2 Å². The largest absolute Gasteiger partial charge is 0.517 e. The summed E-state index contributed by atoms with van der Waals surface area (Å²) >= 11 is 0.731. The third-order valence-corrected chi connectivity index (χ3v) is 21.4. The highest BCUT2D eigenvalue weighted by atomic mass is 32.7. The van der Waals surface area contributed by atoms with Crippen LogP contribution in [-0.2, 0) is 70.5 Å². The van der Waals surface area contributed by atoms with Crippen LogP contribution in [0.2, 0.25) is 0 Å². The SMILES string of the molecule is Cc1ncnc2c1ncn2[C@H]1CC(C)([P+](=O)OC[C@@H]2CC[C@H](n3cnc4c(N)ncnc43)O2)[C@@H](CCOP(=O)(O)SCc2ccc(NC(=O)CNC(=O)CCCCCn3nnc4c3-c3ccccc3CN(C(=O)CCNC(=O)CCCCC=O)c3ccccc3-4)cc2)O1. The summed E-state index contributed by atoms with van der Waals surface area (Å²) in [6.45, 7) is 0.0185. The first-order valence-electron chi connectivity index (χ1n) is 30.9. The highest BCUT2D eigenvalue weighted by Crippen LogP contribution is 2.59. The van der Waals surface area contributed by atoms with E-state index in [9.17, 15) is 38.0 Å². The van der Waals surface area contributed by atoms with E-state index in [1.807, 2.05) is 67.1 Å². The topological polar surface area (TPSA) is 360 Å². The summed E-state index contributed by atoms with van der Waals surface area (Å²) in [6, 6.07) is 22.2. The minimum atomic E-state index is -4.22. The number of carbonyl (C=O) groups excluding carboxylic acids is 5. The molecule has 0 saturated carbocycles. The molecule has 0 spiro atoms. The van der Waals surface area contributed by atoms with Gasteiger partial charge in [0.05, 0.1) is 55.5 Å². The zero-order chi connectivity index (χ0) is 65.1. The Morgan fingerprint density at radius 2 is 1.55 bits per heavy atom. The number of hydrogen-bond donors (Lipinski definition) is 5. The molecule has 0 radical (unpaired) electrons. The number of anilines is 3. The molecule has 28 nitrogen and oxygen atoms in total. The third-order valence-electron chi connectivity index (χ3n) is 16.7. The van der Waals surface area contributed by atoms with Crippen molar-refractivity contribution < 1.29 is 56.5 Å². The van der Waals surface area contributed by atoms with E-state index in [4.69, 9.17) is 24.3 Å². The maximum absolute atomic E-state index is 14.4. The Labute approximate surface area is 540 Å². The van der Waals surface area contributed by atoms with Crippen LogP contribution in [0.1, 0.15) is 120 Å². The number of benzene rings is 3. The second-order valence-corrected chi connectivity index (χ2v) is 28.9. The molecule has 0 bridgehead atoms. The van der Waals surface area contributed by atoms with Gasteiger partial charge in [-0.2, -0.15) is 0 Å². The number of rotatable bonds is 30. The molecule has 11 rings (SSSR count). The standard InChI is InChI=1S/C62H72N16O12P2S/c1-40-55-60(68-36-66-40)77(38-70-55)54-31-62(2,91(84)87-34-44-23-24-53(89-44)76-39-71-57-59(63)67-37-69-61(57)76)48(90-54)26-30-88-92(85,86)93-35-41-19-21-43(22-20-41)72-51(82)32-65-50(81)18-5-3-11-28-78-58-45-14-8-7-13-42(45)33-75(47-16-10-9-15-46(47)56(58)73-74-78)52(83)25-27-64-49(80)17-6-4-12-29-79/h7-10,13-16,19-22,29,36-39,44,48,53-54H,3-6,11-12,17-18,23-28,30-35H2,1-2H3,(H5-,63,64,65,67,69,72,80,81,82,85,86)/p+1/t44-,48+,53+,54+,62?/m0/s1. The van der Waals surface area contributed by atoms with Gasteiger partial charge < -0.3 is 50.3 Å². The van der Waals surface area contributed by atoms with Crippen LogP contribution in [0.15, 0.2) is 98.1 Å². The Morgan fingerprint density at radius 1 is 0.828 bits per heavy atom. The van der Waals surface area contributed by atoms with E-state index >= 15 is 0 Å². The van der Waals surface area contributed by atoms with Gasteiger partial charge >= 0.3 is 14.8 Å². The van der Waals surface area contributed by atoms with Crippen molar-refractivity contribution in [1.29, 1.82) is 0 Å². The third kappa shape index (κ3) is 15.9. The number of aldehydes is 1. The van der Waals surface area contributed by atoms with E-state index in [2.05, 4.69) is 56.2 Å². The number of nitrogens with one attached hydrogen (secondary N) is 3. The first-order valence-corrected chi connectivity index (χ1v) is 35.3. The molecular formula is C62H73N16O12P2S+. The molecule has 93 heavy (non-hydrogen) atoms. The molecule has 7 atom stereocenters. The molecule has 8 aromatic rings. The van der Waals surface area contributed by atoms with Crippen LogP contribution in [0.25, 0.3) is 44.8 Å². The van der Waals surface area contributed by atoms with Crippen molar-refractivity contribution in [3.8, 4) is 22.5 Å². The Kier molecular flexibility index (Phi) is 21.5. The molecule has 6 N–H and O–H groups in total. The predicted molar refractivity (Wildman–Crippen MR) is 346 cm³/mol. The maximum Gasteiger partial charge on any atom is 0.517 e. The summed E-state index contributed by atoms with van der Waals surface area (Å²) in [6.07, 6.45) is 10.5. The quantitative estimate of drug-likeness (QED) is 0.0159. The highest BCUT2D eigenvalue weighted by molar-refractivity contribution is 8.54. The van der Waals surface area contributed by atoms with Crippen molar-refractivity contribution in [2.75, 3.05) is 42.3 Å². The Bertz CT molecular complexity index is 4080. The number of para-hydroxylation sites is 1. The number of aryl methyl sites for hydroxylation is 2. The lowest BCUT2D eigenvalue weighted by molar-refractivity contribution is -0.124. The van der Waals surface area contributed by atoms with E-state index in [1.54, 1.807) is 51.0 Å². The van der Waals surface area contributed by atoms with Gasteiger partial charge in [-0.15, -0.1) is 9.62 Å². The van der Waals surface area contributed by atoms with Gasteiger partial charge in [-0.1, -0.05) is 66.2 Å². The van der Waals surface area contributed by atoms with Crippen LogP contribution in [-0.4, -0.2) is 133 Å². The van der Waals surface area contributed by atoms with Gasteiger partial charge in [0, 0.05) is 74.2 Å². The lowest BCUT2D eigenvalue weighted by atomic mass is 9.95. The summed E-state index contributed by atoms with van der Waals surface area (Å²) in [5.41, 5.74) is 14.7. The summed E-state index contributed by atoms with van der Waals surface area (Å²) in [4.78, 5) is 101. The number of amides is 4.